The van der Waals surface area contributed by atoms with Crippen molar-refractivity contribution in [2.24, 2.45) is 0 Å². The molecule has 14 heteroatoms. The van der Waals surface area contributed by atoms with E-state index in [4.69, 9.17) is 9.90 Å². The largest absolute Gasteiger partial charge is 0.508 e. The minimum Gasteiger partial charge on any atom is -0.508 e. The maximum atomic E-state index is 13.8. The number of alkyl halides is 3. The number of carboxylic acid groups (broad SMARTS) is 1. The molecule has 38 heavy (non-hydrogen) atoms. The summed E-state index contributed by atoms with van der Waals surface area (Å²) in [6, 6.07) is 10.3. The van der Waals surface area contributed by atoms with E-state index >= 15 is 0 Å². The number of carbonyl (C=O) groups is 2. The Labute approximate surface area is 208 Å². The van der Waals surface area contributed by atoms with Gasteiger partial charge in [0.05, 0.1) is 22.5 Å². The zero-order valence-corrected chi connectivity index (χ0v) is 18.8. The first-order valence-electron chi connectivity index (χ1n) is 10.6. The number of pyridine rings is 1. The minimum absolute atomic E-state index is 0.0283. The molecule has 5 rings (SSSR count). The lowest BCUT2D eigenvalue weighted by atomic mass is 10.0. The number of fused-ring (bicyclic) bond motifs is 4. The topological polar surface area (TPSA) is 134 Å². The van der Waals surface area contributed by atoms with Crippen LogP contribution in [0.15, 0.2) is 59.5 Å². The molecule has 9 nitrogen and oxygen atoms in total. The lowest BCUT2D eigenvalue weighted by molar-refractivity contribution is -0.192. The third-order valence-corrected chi connectivity index (χ3v) is 5.41. The maximum absolute atomic E-state index is 13.8. The van der Waals surface area contributed by atoms with Crippen LogP contribution < -0.4 is 10.9 Å². The Morgan fingerprint density at radius 2 is 1.68 bits per heavy atom. The van der Waals surface area contributed by atoms with E-state index in [0.717, 1.165) is 22.3 Å². The van der Waals surface area contributed by atoms with Gasteiger partial charge >= 0.3 is 12.1 Å². The van der Waals surface area contributed by atoms with Crippen LogP contribution in [0.25, 0.3) is 16.7 Å². The average Bonchev–Trinajstić information content (AvgIpc) is 2.96. The maximum Gasteiger partial charge on any atom is 0.490 e. The lowest BCUT2D eigenvalue weighted by Gasteiger charge is -2.19. The van der Waals surface area contributed by atoms with Gasteiger partial charge in [-0.05, 0) is 42.3 Å². The molecular formula is C24H15F5N4O5. The summed E-state index contributed by atoms with van der Waals surface area (Å²) in [6.45, 7) is 0. The summed E-state index contributed by atoms with van der Waals surface area (Å²) in [5.74, 6) is -5.23. The number of benzene rings is 2. The Balaban J connectivity index is 0.000000426. The number of nitrogens with zero attached hydrogens (tertiary/aromatic N) is 3. The molecule has 3 heterocycles. The second kappa shape index (κ2) is 9.88. The van der Waals surface area contributed by atoms with Crippen LogP contribution in [0.4, 0.5) is 22.0 Å². The van der Waals surface area contributed by atoms with E-state index in [1.54, 1.807) is 18.2 Å². The normalized spacial score (nSPS) is 14.4. The molecule has 4 aromatic rings. The molecule has 1 atom stereocenters. The first-order valence-corrected chi connectivity index (χ1v) is 10.6. The molecule has 0 aliphatic carbocycles. The fraction of sp³-hybridized carbons (Fsp3) is 0.125. The van der Waals surface area contributed by atoms with Gasteiger partial charge in [-0.3, -0.25) is 9.59 Å². The van der Waals surface area contributed by atoms with E-state index in [0.29, 0.717) is 0 Å². The molecule has 3 N–H and O–H groups in total. The van der Waals surface area contributed by atoms with Gasteiger partial charge in [-0.1, -0.05) is 12.1 Å². The number of amides is 1. The summed E-state index contributed by atoms with van der Waals surface area (Å²) in [4.78, 5) is 43.7. The number of hydrogen-bond donors (Lipinski definition) is 3. The molecule has 1 aliphatic heterocycles. The number of halogens is 5. The number of nitrogens with one attached hydrogen (secondary N) is 1. The Kier molecular flexibility index (Phi) is 6.81. The smallest absolute Gasteiger partial charge is 0.490 e. The zero-order chi connectivity index (χ0) is 27.8. The van der Waals surface area contributed by atoms with Crippen LogP contribution in [0, 0.1) is 11.6 Å². The molecule has 2 aromatic carbocycles. The predicted molar refractivity (Wildman–Crippen MR) is 121 cm³/mol. The van der Waals surface area contributed by atoms with Gasteiger partial charge < -0.3 is 15.5 Å². The van der Waals surface area contributed by atoms with Crippen molar-refractivity contribution in [1.82, 2.24) is 19.9 Å². The van der Waals surface area contributed by atoms with E-state index in [-0.39, 0.29) is 40.3 Å². The molecule has 0 radical (unpaired) electrons. The molecule has 1 aliphatic rings. The Bertz CT molecular complexity index is 1620. The second-order valence-corrected chi connectivity index (χ2v) is 7.97. The van der Waals surface area contributed by atoms with Crippen LogP contribution in [0.1, 0.15) is 27.8 Å². The molecule has 0 bridgehead atoms. The van der Waals surface area contributed by atoms with Gasteiger partial charge in [0.1, 0.15) is 11.6 Å². The van der Waals surface area contributed by atoms with Gasteiger partial charge in [-0.25, -0.2) is 28.1 Å². The number of phenolic OH excluding ortho intramolecular Hbond substituents is 1. The van der Waals surface area contributed by atoms with Gasteiger partial charge in [0, 0.05) is 12.3 Å². The lowest BCUT2D eigenvalue weighted by Crippen LogP contribution is -2.32. The Hall–Kier alpha value is -4.88. The SMILES string of the molecule is O=C(O)C(F)(F)F.O=C1NC(Cc2ccc(O)cc2)c2nc3cc(F)c(F)cc3c(=O)n2-c2ncccc21. The highest BCUT2D eigenvalue weighted by Gasteiger charge is 2.38. The third kappa shape index (κ3) is 5.14. The number of carboxylic acids is 1. The summed E-state index contributed by atoms with van der Waals surface area (Å²) in [5.41, 5.74) is 0.224. The first kappa shape index (κ1) is 26.2. The monoisotopic (exact) mass is 534 g/mol. The van der Waals surface area contributed by atoms with Crippen molar-refractivity contribution in [2.75, 3.05) is 0 Å². The molecule has 2 aromatic heterocycles. The summed E-state index contributed by atoms with van der Waals surface area (Å²) in [6.07, 6.45) is -3.42. The minimum atomic E-state index is -5.08. The van der Waals surface area contributed by atoms with E-state index < -0.39 is 41.3 Å². The van der Waals surface area contributed by atoms with Crippen LogP contribution >= 0.6 is 0 Å². The molecule has 0 saturated heterocycles. The average molecular weight is 534 g/mol. The van der Waals surface area contributed by atoms with Gasteiger partial charge in [0.25, 0.3) is 11.5 Å². The van der Waals surface area contributed by atoms with Gasteiger partial charge in [0.15, 0.2) is 17.5 Å². The van der Waals surface area contributed by atoms with E-state index in [1.807, 2.05) is 0 Å². The molecule has 0 saturated carbocycles. The van der Waals surface area contributed by atoms with Crippen molar-refractivity contribution in [3.63, 3.8) is 0 Å². The molecule has 0 spiro atoms. The standard InChI is InChI=1S/C22H14F2N4O3.C2HF3O2/c23-15-9-14-17(10-16(15)24)26-20-18(8-11-3-5-12(29)6-4-11)27-21(30)13-2-1-7-25-19(13)28(20)22(14)31;3-2(4,5)1(6)7/h1-7,9-10,18,29H,8H2,(H,27,30);(H,6,7). The van der Waals surface area contributed by atoms with Crippen molar-refractivity contribution in [1.29, 1.82) is 0 Å². The van der Waals surface area contributed by atoms with Crippen molar-refractivity contribution in [2.45, 2.75) is 18.6 Å². The fourth-order valence-electron chi connectivity index (χ4n) is 3.70. The van der Waals surface area contributed by atoms with Crippen molar-refractivity contribution in [3.05, 3.63) is 93.7 Å². The van der Waals surface area contributed by atoms with Gasteiger partial charge in [0.2, 0.25) is 0 Å². The molecule has 196 valence electrons. The fourth-order valence-corrected chi connectivity index (χ4v) is 3.70. The number of phenols is 1. The number of rotatable bonds is 2. The van der Waals surface area contributed by atoms with Crippen molar-refractivity contribution in [3.8, 4) is 11.6 Å². The van der Waals surface area contributed by atoms with Crippen LogP contribution in [-0.2, 0) is 11.2 Å². The second-order valence-electron chi connectivity index (χ2n) is 7.97. The predicted octanol–water partition coefficient (Wildman–Crippen LogP) is 3.43. The summed E-state index contributed by atoms with van der Waals surface area (Å²) in [5, 5.41) is 19.4. The van der Waals surface area contributed by atoms with Crippen LogP contribution in [0.3, 0.4) is 0 Å². The number of aromatic hydroxyl groups is 1. The third-order valence-electron chi connectivity index (χ3n) is 5.41. The molecule has 1 amide bonds. The van der Waals surface area contributed by atoms with Crippen molar-refractivity contribution < 1.29 is 41.8 Å². The first-order chi connectivity index (χ1) is 17.9. The quantitative estimate of drug-likeness (QED) is 0.336. The van der Waals surface area contributed by atoms with Crippen LogP contribution in [-0.4, -0.2) is 42.8 Å². The van der Waals surface area contributed by atoms with E-state index in [1.165, 1.54) is 24.4 Å². The Morgan fingerprint density at radius 3 is 2.32 bits per heavy atom. The highest BCUT2D eigenvalue weighted by Crippen LogP contribution is 2.27. The molecule has 1 unspecified atom stereocenters. The van der Waals surface area contributed by atoms with Gasteiger partial charge in [-0.2, -0.15) is 13.2 Å². The number of aliphatic carboxylic acids is 1. The summed E-state index contributed by atoms with van der Waals surface area (Å²) in [7, 11) is 0. The van der Waals surface area contributed by atoms with Crippen LogP contribution in [0.5, 0.6) is 5.75 Å². The summed E-state index contributed by atoms with van der Waals surface area (Å²) < 4.78 is 60.6. The summed E-state index contributed by atoms with van der Waals surface area (Å²) >= 11 is 0. The number of hydrogen-bond acceptors (Lipinski definition) is 6. The van der Waals surface area contributed by atoms with Crippen molar-refractivity contribution >= 4 is 22.8 Å². The highest BCUT2D eigenvalue weighted by molar-refractivity contribution is 5.98. The number of aromatic nitrogens is 3. The Morgan fingerprint density at radius 1 is 1.05 bits per heavy atom. The molecular weight excluding hydrogens is 519 g/mol. The van der Waals surface area contributed by atoms with Gasteiger partial charge in [-0.15, -0.1) is 0 Å². The van der Waals surface area contributed by atoms with E-state index in [2.05, 4.69) is 15.3 Å². The molecule has 0 fully saturated rings. The number of carbonyl (C=O) groups excluding carboxylic acids is 1. The zero-order valence-electron chi connectivity index (χ0n) is 18.8. The van der Waals surface area contributed by atoms with Crippen LogP contribution in [0.2, 0.25) is 0 Å². The highest BCUT2D eigenvalue weighted by atomic mass is 19.4. The van der Waals surface area contributed by atoms with E-state index in [9.17, 15) is 36.6 Å².